The molecule has 0 aliphatic rings. The zero-order valence-corrected chi connectivity index (χ0v) is 12.3. The average molecular weight is 314 g/mol. The number of nitrogens with zero attached hydrogens (tertiary/aromatic N) is 1. The fourth-order valence-electron chi connectivity index (χ4n) is 2.51. The number of halogens is 1. The van der Waals surface area contributed by atoms with Crippen molar-refractivity contribution in [3.05, 3.63) is 66.4 Å². The minimum atomic E-state index is 1.05. The van der Waals surface area contributed by atoms with Crippen molar-refractivity contribution in [1.29, 1.82) is 0 Å². The third kappa shape index (κ3) is 2.45. The molecular formula is C17H16BrN. The molecule has 1 nitrogen and oxygen atoms in total. The molecule has 1 aromatic heterocycles. The second kappa shape index (κ2) is 5.62. The lowest BCUT2D eigenvalue weighted by atomic mass is 10.1. The second-order valence-corrected chi connectivity index (χ2v) is 5.46. The maximum absolute atomic E-state index is 3.52. The van der Waals surface area contributed by atoms with Gasteiger partial charge in [0.2, 0.25) is 0 Å². The predicted octanol–water partition coefficient (Wildman–Crippen LogP) is 4.96. The number of aryl methyl sites for hydroxylation is 1. The van der Waals surface area contributed by atoms with Gasteiger partial charge in [-0.15, -0.1) is 0 Å². The van der Waals surface area contributed by atoms with Crippen LogP contribution in [0.5, 0.6) is 0 Å². The Morgan fingerprint density at radius 2 is 1.63 bits per heavy atom. The molecule has 0 bridgehead atoms. The molecule has 0 fully saturated rings. The second-order valence-electron chi connectivity index (χ2n) is 4.67. The molecule has 0 atom stereocenters. The topological polar surface area (TPSA) is 4.93 Å². The van der Waals surface area contributed by atoms with E-state index in [4.69, 9.17) is 0 Å². The molecule has 0 amide bonds. The molecule has 2 aromatic carbocycles. The van der Waals surface area contributed by atoms with Crippen molar-refractivity contribution in [3.63, 3.8) is 0 Å². The number of rotatable bonds is 4. The predicted molar refractivity (Wildman–Crippen MR) is 85.4 cm³/mol. The summed E-state index contributed by atoms with van der Waals surface area (Å²) in [7, 11) is 0. The zero-order chi connectivity index (χ0) is 13.1. The molecular weight excluding hydrogens is 298 g/mol. The van der Waals surface area contributed by atoms with E-state index >= 15 is 0 Å². The Bertz CT molecular complexity index is 670. The van der Waals surface area contributed by atoms with Crippen molar-refractivity contribution in [2.75, 3.05) is 5.33 Å². The van der Waals surface area contributed by atoms with Gasteiger partial charge in [-0.05, 0) is 36.6 Å². The van der Waals surface area contributed by atoms with E-state index in [2.05, 4.69) is 81.3 Å². The van der Waals surface area contributed by atoms with E-state index in [1.165, 1.54) is 28.6 Å². The Morgan fingerprint density at radius 3 is 2.42 bits per heavy atom. The van der Waals surface area contributed by atoms with E-state index in [0.717, 1.165) is 11.8 Å². The highest BCUT2D eigenvalue weighted by molar-refractivity contribution is 9.09. The van der Waals surface area contributed by atoms with Crippen LogP contribution >= 0.6 is 15.9 Å². The Kier molecular flexibility index (Phi) is 3.69. The van der Waals surface area contributed by atoms with Gasteiger partial charge in [0.25, 0.3) is 0 Å². The van der Waals surface area contributed by atoms with E-state index in [9.17, 15) is 0 Å². The van der Waals surface area contributed by atoms with E-state index in [1.54, 1.807) is 0 Å². The minimum absolute atomic E-state index is 1.05. The summed E-state index contributed by atoms with van der Waals surface area (Å²) < 4.78 is 2.29. The summed E-state index contributed by atoms with van der Waals surface area (Å²) in [5.41, 5.74) is 3.95. The van der Waals surface area contributed by atoms with Gasteiger partial charge in [0.15, 0.2) is 0 Å². The monoisotopic (exact) mass is 313 g/mol. The van der Waals surface area contributed by atoms with Crippen LogP contribution in [0.25, 0.3) is 16.6 Å². The van der Waals surface area contributed by atoms with E-state index in [-0.39, 0.29) is 0 Å². The molecule has 3 rings (SSSR count). The lowest BCUT2D eigenvalue weighted by Gasteiger charge is -2.04. The van der Waals surface area contributed by atoms with Crippen LogP contribution in [0, 0.1) is 0 Å². The van der Waals surface area contributed by atoms with Gasteiger partial charge >= 0.3 is 0 Å². The fourth-order valence-corrected chi connectivity index (χ4v) is 2.79. The highest BCUT2D eigenvalue weighted by atomic mass is 79.9. The average Bonchev–Trinajstić information content (AvgIpc) is 2.85. The number of para-hydroxylation sites is 2. The largest absolute Gasteiger partial charge is 0.316 e. The quantitative estimate of drug-likeness (QED) is 0.600. The first-order chi connectivity index (χ1) is 9.40. The molecule has 0 spiro atoms. The van der Waals surface area contributed by atoms with Gasteiger partial charge in [-0.3, -0.25) is 0 Å². The molecule has 0 radical (unpaired) electrons. The Balaban J connectivity index is 2.15. The van der Waals surface area contributed by atoms with Crippen LogP contribution in [0.1, 0.15) is 12.0 Å². The number of aromatic nitrogens is 1. The van der Waals surface area contributed by atoms with Crippen molar-refractivity contribution in [2.45, 2.75) is 12.8 Å². The minimum Gasteiger partial charge on any atom is -0.316 e. The summed E-state index contributed by atoms with van der Waals surface area (Å²) in [5, 5.41) is 2.42. The molecule has 0 saturated carbocycles. The van der Waals surface area contributed by atoms with E-state index in [1.807, 2.05) is 0 Å². The van der Waals surface area contributed by atoms with Crippen LogP contribution in [0.4, 0.5) is 0 Å². The normalized spacial score (nSPS) is 11.0. The van der Waals surface area contributed by atoms with Crippen molar-refractivity contribution >= 4 is 26.8 Å². The molecule has 0 N–H and O–H groups in total. The molecule has 2 heteroatoms. The maximum atomic E-state index is 3.52. The third-order valence-electron chi connectivity index (χ3n) is 3.41. The molecule has 0 saturated heterocycles. The molecule has 3 aromatic rings. The summed E-state index contributed by atoms with van der Waals surface area (Å²) in [4.78, 5) is 0. The van der Waals surface area contributed by atoms with Crippen LogP contribution in [0.15, 0.2) is 60.8 Å². The van der Waals surface area contributed by atoms with Gasteiger partial charge < -0.3 is 4.57 Å². The van der Waals surface area contributed by atoms with E-state index in [0.29, 0.717) is 0 Å². The van der Waals surface area contributed by atoms with Crippen molar-refractivity contribution in [2.24, 2.45) is 0 Å². The number of fused-ring (bicyclic) bond motifs is 1. The SMILES string of the molecule is BrCCCc1cn(-c2ccccc2)c2ccccc12. The first-order valence-corrected chi connectivity index (χ1v) is 7.72. The molecule has 0 aliphatic carbocycles. The highest BCUT2D eigenvalue weighted by Gasteiger charge is 2.08. The molecule has 1 heterocycles. The molecule has 0 unspecified atom stereocenters. The van der Waals surface area contributed by atoms with Gasteiger partial charge in [-0.1, -0.05) is 52.3 Å². The first kappa shape index (κ1) is 12.5. The molecule has 96 valence electrons. The Morgan fingerprint density at radius 1 is 0.895 bits per heavy atom. The van der Waals surface area contributed by atoms with Crippen LogP contribution in [0.3, 0.4) is 0 Å². The number of hydrogen-bond acceptors (Lipinski definition) is 0. The van der Waals surface area contributed by atoms with Gasteiger partial charge in [-0.2, -0.15) is 0 Å². The summed E-state index contributed by atoms with van der Waals surface area (Å²) in [6.07, 6.45) is 4.57. The molecule has 19 heavy (non-hydrogen) atoms. The van der Waals surface area contributed by atoms with Crippen LogP contribution in [0.2, 0.25) is 0 Å². The van der Waals surface area contributed by atoms with Gasteiger partial charge in [0.1, 0.15) is 0 Å². The first-order valence-electron chi connectivity index (χ1n) is 6.60. The van der Waals surface area contributed by atoms with E-state index < -0.39 is 0 Å². The zero-order valence-electron chi connectivity index (χ0n) is 10.7. The Hall–Kier alpha value is -1.54. The van der Waals surface area contributed by atoms with Gasteiger partial charge in [-0.25, -0.2) is 0 Å². The van der Waals surface area contributed by atoms with Crippen molar-refractivity contribution in [3.8, 4) is 5.69 Å². The number of benzene rings is 2. The lowest BCUT2D eigenvalue weighted by Crippen LogP contribution is -1.90. The Labute approximate surface area is 122 Å². The summed E-state index contributed by atoms with van der Waals surface area (Å²) in [5.74, 6) is 0. The summed E-state index contributed by atoms with van der Waals surface area (Å²) in [6.45, 7) is 0. The standard InChI is InChI=1S/C17H16BrN/c18-12-6-7-14-13-19(15-8-2-1-3-9-15)17-11-5-4-10-16(14)17/h1-5,8-11,13H,6-7,12H2. The van der Waals surface area contributed by atoms with Crippen LogP contribution < -0.4 is 0 Å². The van der Waals surface area contributed by atoms with Gasteiger partial charge in [0, 0.05) is 22.6 Å². The van der Waals surface area contributed by atoms with Crippen LogP contribution in [-0.4, -0.2) is 9.90 Å². The number of alkyl halides is 1. The van der Waals surface area contributed by atoms with Crippen molar-refractivity contribution in [1.82, 2.24) is 4.57 Å². The lowest BCUT2D eigenvalue weighted by molar-refractivity contribution is 0.939. The maximum Gasteiger partial charge on any atom is 0.0531 e. The smallest absolute Gasteiger partial charge is 0.0531 e. The third-order valence-corrected chi connectivity index (χ3v) is 3.97. The number of hydrogen-bond donors (Lipinski definition) is 0. The van der Waals surface area contributed by atoms with Crippen molar-refractivity contribution < 1.29 is 0 Å². The summed E-state index contributed by atoms with van der Waals surface area (Å²) >= 11 is 3.52. The van der Waals surface area contributed by atoms with Crippen LogP contribution in [-0.2, 0) is 6.42 Å². The summed E-state index contributed by atoms with van der Waals surface area (Å²) in [6, 6.07) is 19.2. The fraction of sp³-hybridized carbons (Fsp3) is 0.176. The highest BCUT2D eigenvalue weighted by Crippen LogP contribution is 2.25. The van der Waals surface area contributed by atoms with Gasteiger partial charge in [0.05, 0.1) is 5.52 Å². The molecule has 0 aliphatic heterocycles.